The lowest BCUT2D eigenvalue weighted by molar-refractivity contribution is -0.116. The van der Waals surface area contributed by atoms with Gasteiger partial charge in [0, 0.05) is 37.0 Å². The fourth-order valence-electron chi connectivity index (χ4n) is 3.85. The van der Waals surface area contributed by atoms with Gasteiger partial charge in [-0.15, -0.1) is 11.3 Å². The first kappa shape index (κ1) is 23.5. The van der Waals surface area contributed by atoms with E-state index in [4.69, 9.17) is 5.26 Å². The molecule has 3 N–H and O–H groups in total. The van der Waals surface area contributed by atoms with Crippen LogP contribution in [-0.4, -0.2) is 52.0 Å². The van der Waals surface area contributed by atoms with E-state index in [0.717, 1.165) is 42.2 Å². The molecule has 0 aliphatic carbocycles. The van der Waals surface area contributed by atoms with Crippen molar-refractivity contribution in [3.05, 3.63) is 46.4 Å². The van der Waals surface area contributed by atoms with Crippen LogP contribution in [0.1, 0.15) is 35.5 Å². The fraction of sp³-hybridized carbons (Fsp3) is 0.391. The third-order valence-corrected chi connectivity index (χ3v) is 6.80. The lowest BCUT2D eigenvalue weighted by atomic mass is 10.1. The molecule has 1 atom stereocenters. The van der Waals surface area contributed by atoms with E-state index in [9.17, 15) is 4.79 Å². The predicted octanol–water partition coefficient (Wildman–Crippen LogP) is 3.01. The zero-order chi connectivity index (χ0) is 23.9. The van der Waals surface area contributed by atoms with Crippen molar-refractivity contribution in [1.82, 2.24) is 25.3 Å². The third kappa shape index (κ3) is 5.84. The highest BCUT2D eigenvalue weighted by Crippen LogP contribution is 2.31. The summed E-state index contributed by atoms with van der Waals surface area (Å²) in [5.74, 6) is 0.990. The molecule has 1 saturated heterocycles. The van der Waals surface area contributed by atoms with E-state index in [1.165, 1.54) is 12.4 Å². The highest BCUT2D eigenvalue weighted by atomic mass is 32.1. The fourth-order valence-corrected chi connectivity index (χ4v) is 4.63. The number of hydrogen-bond donors (Lipinski definition) is 3. The number of nitrogens with zero attached hydrogens (tertiary/aromatic N) is 6. The molecule has 0 aromatic carbocycles. The van der Waals surface area contributed by atoms with E-state index in [1.807, 2.05) is 31.6 Å². The second kappa shape index (κ2) is 11.0. The zero-order valence-corrected chi connectivity index (χ0v) is 20.0. The first-order chi connectivity index (χ1) is 16.5. The topological polar surface area (TPSA) is 132 Å². The SMILES string of the molecule is Cc1ncsc1CCC(=O)Nc1cnc(Nc2cnc(C#N)cn2)cc1N(C)C1CCCNC1. The van der Waals surface area contributed by atoms with Crippen LogP contribution in [0.5, 0.6) is 0 Å². The summed E-state index contributed by atoms with van der Waals surface area (Å²) in [5.41, 5.74) is 4.56. The molecule has 0 radical (unpaired) electrons. The number of likely N-dealkylation sites (N-methyl/N-ethyl adjacent to an activating group) is 1. The van der Waals surface area contributed by atoms with Crippen molar-refractivity contribution >= 4 is 40.3 Å². The Morgan fingerprint density at radius 1 is 1.26 bits per heavy atom. The number of piperidine rings is 1. The molecule has 1 amide bonds. The van der Waals surface area contributed by atoms with Crippen molar-refractivity contribution in [1.29, 1.82) is 5.26 Å². The number of amides is 1. The minimum atomic E-state index is -0.0651. The van der Waals surface area contributed by atoms with Crippen LogP contribution < -0.4 is 20.9 Å². The van der Waals surface area contributed by atoms with E-state index >= 15 is 0 Å². The molecule has 176 valence electrons. The van der Waals surface area contributed by atoms with Gasteiger partial charge in [0.2, 0.25) is 5.91 Å². The van der Waals surface area contributed by atoms with Gasteiger partial charge in [0.1, 0.15) is 17.7 Å². The summed E-state index contributed by atoms with van der Waals surface area (Å²) in [6.45, 7) is 3.86. The summed E-state index contributed by atoms with van der Waals surface area (Å²) < 4.78 is 0. The standard InChI is InChI=1S/C23H27N9OS/c1-15-20(34-14-29-15)5-6-23(33)30-18-12-28-21(31-22-13-26-16(9-24)10-27-22)8-19(18)32(2)17-4-3-7-25-11-17/h8,10,12-14,17,25H,3-7,11H2,1-2H3,(H,30,33)(H,27,28,31). The summed E-state index contributed by atoms with van der Waals surface area (Å²) >= 11 is 1.57. The molecule has 1 unspecified atom stereocenters. The van der Waals surface area contributed by atoms with Gasteiger partial charge in [-0.1, -0.05) is 0 Å². The molecule has 34 heavy (non-hydrogen) atoms. The van der Waals surface area contributed by atoms with Crippen molar-refractivity contribution in [2.75, 3.05) is 35.7 Å². The second-order valence-electron chi connectivity index (χ2n) is 8.13. The van der Waals surface area contributed by atoms with E-state index in [2.05, 4.69) is 40.8 Å². The summed E-state index contributed by atoms with van der Waals surface area (Å²) in [6, 6.07) is 4.15. The maximum atomic E-state index is 12.8. The molecule has 4 rings (SSSR count). The van der Waals surface area contributed by atoms with Crippen LogP contribution in [0.2, 0.25) is 0 Å². The Labute approximate surface area is 202 Å². The Balaban J connectivity index is 1.53. The molecule has 11 heteroatoms. The highest BCUT2D eigenvalue weighted by Gasteiger charge is 2.22. The van der Waals surface area contributed by atoms with Gasteiger partial charge in [0.05, 0.1) is 41.2 Å². The molecule has 0 spiro atoms. The van der Waals surface area contributed by atoms with Gasteiger partial charge in [0.25, 0.3) is 0 Å². The Hall–Kier alpha value is -3.62. The van der Waals surface area contributed by atoms with E-state index in [0.29, 0.717) is 36.2 Å². The number of rotatable bonds is 8. The lowest BCUT2D eigenvalue weighted by Crippen LogP contribution is -2.44. The largest absolute Gasteiger partial charge is 0.368 e. The number of carbonyl (C=O) groups is 1. The smallest absolute Gasteiger partial charge is 0.224 e. The van der Waals surface area contributed by atoms with Crippen LogP contribution in [-0.2, 0) is 11.2 Å². The first-order valence-corrected chi connectivity index (χ1v) is 12.0. The molecule has 3 aromatic rings. The van der Waals surface area contributed by atoms with Crippen LogP contribution in [0.15, 0.2) is 30.2 Å². The normalized spacial score (nSPS) is 15.4. The van der Waals surface area contributed by atoms with E-state index in [-0.39, 0.29) is 11.6 Å². The number of anilines is 4. The Morgan fingerprint density at radius 3 is 2.79 bits per heavy atom. The maximum absolute atomic E-state index is 12.8. The molecule has 10 nitrogen and oxygen atoms in total. The Bertz CT molecular complexity index is 1170. The Morgan fingerprint density at radius 2 is 2.12 bits per heavy atom. The zero-order valence-electron chi connectivity index (χ0n) is 19.2. The van der Waals surface area contributed by atoms with Crippen LogP contribution >= 0.6 is 11.3 Å². The first-order valence-electron chi connectivity index (χ1n) is 11.1. The van der Waals surface area contributed by atoms with E-state index in [1.54, 1.807) is 17.5 Å². The molecule has 4 heterocycles. The quantitative estimate of drug-likeness (QED) is 0.448. The molecule has 3 aromatic heterocycles. The second-order valence-corrected chi connectivity index (χ2v) is 9.07. The predicted molar refractivity (Wildman–Crippen MR) is 132 cm³/mol. The molecule has 0 saturated carbocycles. The average molecular weight is 478 g/mol. The van der Waals surface area contributed by atoms with Crippen LogP contribution in [0.25, 0.3) is 0 Å². The van der Waals surface area contributed by atoms with Gasteiger partial charge in [0.15, 0.2) is 5.69 Å². The summed E-state index contributed by atoms with van der Waals surface area (Å²) in [4.78, 5) is 33.0. The van der Waals surface area contributed by atoms with Gasteiger partial charge in [-0.3, -0.25) is 4.79 Å². The monoisotopic (exact) mass is 477 g/mol. The van der Waals surface area contributed by atoms with Crippen molar-refractivity contribution in [3.8, 4) is 6.07 Å². The Kier molecular flexibility index (Phi) is 7.61. The summed E-state index contributed by atoms with van der Waals surface area (Å²) in [7, 11) is 2.04. The number of hydrogen-bond acceptors (Lipinski definition) is 10. The minimum Gasteiger partial charge on any atom is -0.368 e. The molecule has 1 aliphatic rings. The van der Waals surface area contributed by atoms with E-state index < -0.39 is 0 Å². The average Bonchev–Trinajstić information content (AvgIpc) is 3.28. The minimum absolute atomic E-state index is 0.0651. The number of thiazole rings is 1. The molecular formula is C23H27N9OS. The van der Waals surface area contributed by atoms with Gasteiger partial charge in [-0.25, -0.2) is 19.9 Å². The molecule has 1 fully saturated rings. The van der Waals surface area contributed by atoms with Crippen LogP contribution in [0.3, 0.4) is 0 Å². The summed E-state index contributed by atoms with van der Waals surface area (Å²) in [6.07, 6.45) is 7.75. The number of aryl methyl sites for hydroxylation is 2. The number of carbonyl (C=O) groups excluding carboxylic acids is 1. The van der Waals surface area contributed by atoms with Gasteiger partial charge < -0.3 is 20.9 Å². The van der Waals surface area contributed by atoms with Crippen molar-refractivity contribution in [2.45, 2.75) is 38.6 Å². The summed E-state index contributed by atoms with van der Waals surface area (Å²) in [5, 5.41) is 18.5. The van der Waals surface area contributed by atoms with Crippen LogP contribution in [0.4, 0.5) is 23.0 Å². The number of nitrogens with one attached hydrogen (secondary N) is 3. The van der Waals surface area contributed by atoms with Crippen molar-refractivity contribution < 1.29 is 4.79 Å². The van der Waals surface area contributed by atoms with Gasteiger partial charge in [-0.05, 0) is 32.7 Å². The maximum Gasteiger partial charge on any atom is 0.224 e. The third-order valence-electron chi connectivity index (χ3n) is 5.80. The van der Waals surface area contributed by atoms with Crippen LogP contribution in [0, 0.1) is 18.3 Å². The highest BCUT2D eigenvalue weighted by molar-refractivity contribution is 7.09. The molecule has 0 bridgehead atoms. The number of aromatic nitrogens is 4. The number of pyridine rings is 1. The van der Waals surface area contributed by atoms with Gasteiger partial charge in [-0.2, -0.15) is 5.26 Å². The molecular weight excluding hydrogens is 450 g/mol. The van der Waals surface area contributed by atoms with Crippen molar-refractivity contribution in [2.24, 2.45) is 0 Å². The molecule has 1 aliphatic heterocycles. The lowest BCUT2D eigenvalue weighted by Gasteiger charge is -2.34. The van der Waals surface area contributed by atoms with Crippen molar-refractivity contribution in [3.63, 3.8) is 0 Å². The van der Waals surface area contributed by atoms with Gasteiger partial charge >= 0.3 is 0 Å². The number of nitriles is 1.